The Morgan fingerprint density at radius 3 is 2.50 bits per heavy atom. The number of fused-ring (bicyclic) bond motifs is 1. The summed E-state index contributed by atoms with van der Waals surface area (Å²) in [5, 5.41) is 0.990. The number of nitrogens with zero attached hydrogens (tertiary/aromatic N) is 1. The van der Waals surface area contributed by atoms with E-state index < -0.39 is 0 Å². The molecule has 0 fully saturated rings. The van der Waals surface area contributed by atoms with Crippen LogP contribution in [-0.4, -0.2) is 17.6 Å². The molecule has 0 radical (unpaired) electrons. The molecule has 1 heterocycles. The number of nitrogen functional groups attached to an aromatic ring is 1. The molecule has 0 amide bonds. The van der Waals surface area contributed by atoms with Gasteiger partial charge in [-0.25, -0.2) is 4.79 Å². The molecule has 0 atom stereocenters. The first-order valence-electron chi connectivity index (χ1n) is 6.25. The molecule has 3 aromatic rings. The highest BCUT2D eigenvalue weighted by Gasteiger charge is 2.16. The van der Waals surface area contributed by atoms with E-state index in [1.807, 2.05) is 59.2 Å². The van der Waals surface area contributed by atoms with Crippen molar-refractivity contribution in [3.8, 4) is 5.69 Å². The van der Waals surface area contributed by atoms with Gasteiger partial charge in [0.05, 0.1) is 12.6 Å². The highest BCUT2D eigenvalue weighted by molar-refractivity contribution is 5.97. The molecular formula is C16H14N2O2. The van der Waals surface area contributed by atoms with Crippen LogP contribution in [0.1, 0.15) is 10.5 Å². The fraction of sp³-hybridized carbons (Fsp3) is 0.0625. The number of aromatic nitrogens is 1. The first-order chi connectivity index (χ1) is 9.70. The topological polar surface area (TPSA) is 57.2 Å². The van der Waals surface area contributed by atoms with E-state index in [0.717, 1.165) is 16.6 Å². The van der Waals surface area contributed by atoms with Gasteiger partial charge in [-0.3, -0.25) is 0 Å². The van der Waals surface area contributed by atoms with Crippen molar-refractivity contribution in [3.05, 3.63) is 60.3 Å². The third-order valence-electron chi connectivity index (χ3n) is 3.26. The van der Waals surface area contributed by atoms with Gasteiger partial charge in [-0.1, -0.05) is 18.2 Å². The molecule has 0 saturated heterocycles. The molecule has 1 aromatic heterocycles. The minimum Gasteiger partial charge on any atom is -0.464 e. The summed E-state index contributed by atoms with van der Waals surface area (Å²) in [7, 11) is 1.38. The van der Waals surface area contributed by atoms with Crippen LogP contribution < -0.4 is 5.73 Å². The van der Waals surface area contributed by atoms with Crippen molar-refractivity contribution in [1.82, 2.24) is 4.57 Å². The lowest BCUT2D eigenvalue weighted by atomic mass is 10.2. The van der Waals surface area contributed by atoms with Crippen LogP contribution in [0, 0.1) is 0 Å². The number of rotatable bonds is 2. The van der Waals surface area contributed by atoms with Crippen LogP contribution in [0.5, 0.6) is 0 Å². The van der Waals surface area contributed by atoms with E-state index in [9.17, 15) is 4.79 Å². The lowest BCUT2D eigenvalue weighted by molar-refractivity contribution is 0.0592. The van der Waals surface area contributed by atoms with Crippen molar-refractivity contribution in [3.63, 3.8) is 0 Å². The summed E-state index contributed by atoms with van der Waals surface area (Å²) in [5.74, 6) is -0.363. The number of methoxy groups -OCH3 is 1. The summed E-state index contributed by atoms with van der Waals surface area (Å²) in [6, 6.07) is 17.0. The zero-order valence-electron chi connectivity index (χ0n) is 11.0. The number of esters is 1. The van der Waals surface area contributed by atoms with Gasteiger partial charge >= 0.3 is 5.97 Å². The summed E-state index contributed by atoms with van der Waals surface area (Å²) in [6.07, 6.45) is 0. The van der Waals surface area contributed by atoms with Crippen molar-refractivity contribution in [2.75, 3.05) is 12.8 Å². The Balaban J connectivity index is 2.31. The molecule has 100 valence electrons. The fourth-order valence-electron chi connectivity index (χ4n) is 2.31. The number of hydrogen-bond acceptors (Lipinski definition) is 3. The molecule has 0 aliphatic rings. The highest BCUT2D eigenvalue weighted by atomic mass is 16.5. The zero-order chi connectivity index (χ0) is 14.1. The summed E-state index contributed by atoms with van der Waals surface area (Å²) < 4.78 is 6.74. The van der Waals surface area contributed by atoms with E-state index in [1.54, 1.807) is 0 Å². The Labute approximate surface area is 116 Å². The zero-order valence-corrected chi connectivity index (χ0v) is 11.0. The molecule has 4 heteroatoms. The summed E-state index contributed by atoms with van der Waals surface area (Å²) in [6.45, 7) is 0. The maximum Gasteiger partial charge on any atom is 0.355 e. The molecule has 4 nitrogen and oxygen atoms in total. The maximum absolute atomic E-state index is 12.0. The lowest BCUT2D eigenvalue weighted by Crippen LogP contribution is -2.08. The first-order valence-corrected chi connectivity index (χ1v) is 6.25. The second-order valence-corrected chi connectivity index (χ2v) is 4.51. The standard InChI is InChI=1S/C16H14N2O2/c1-20-16(19)15-10-11-4-2-3-5-14(11)18(15)13-8-6-12(17)7-9-13/h2-10H,17H2,1H3. The first kappa shape index (κ1) is 12.3. The van der Waals surface area contributed by atoms with Crippen LogP contribution in [0.25, 0.3) is 16.6 Å². The molecule has 0 aliphatic carbocycles. The van der Waals surface area contributed by atoms with Crippen molar-refractivity contribution >= 4 is 22.6 Å². The number of nitrogens with two attached hydrogens (primary N) is 1. The van der Waals surface area contributed by atoms with E-state index in [1.165, 1.54) is 7.11 Å². The van der Waals surface area contributed by atoms with Gasteiger partial charge in [-0.2, -0.15) is 0 Å². The molecular weight excluding hydrogens is 252 g/mol. The molecule has 2 N–H and O–H groups in total. The van der Waals surface area contributed by atoms with Crippen molar-refractivity contribution in [2.45, 2.75) is 0 Å². The van der Waals surface area contributed by atoms with Gasteiger partial charge in [0.15, 0.2) is 0 Å². The fourth-order valence-corrected chi connectivity index (χ4v) is 2.31. The third kappa shape index (κ3) is 1.91. The minimum atomic E-state index is -0.363. The Morgan fingerprint density at radius 1 is 1.10 bits per heavy atom. The highest BCUT2D eigenvalue weighted by Crippen LogP contribution is 2.25. The predicted molar refractivity (Wildman–Crippen MR) is 79.0 cm³/mol. The molecule has 20 heavy (non-hydrogen) atoms. The molecule has 0 bridgehead atoms. The Hall–Kier alpha value is -2.75. The van der Waals surface area contributed by atoms with E-state index in [-0.39, 0.29) is 5.97 Å². The van der Waals surface area contributed by atoms with Crippen LogP contribution >= 0.6 is 0 Å². The normalized spacial score (nSPS) is 10.7. The number of benzene rings is 2. The third-order valence-corrected chi connectivity index (χ3v) is 3.26. The SMILES string of the molecule is COC(=O)c1cc2ccccc2n1-c1ccc(N)cc1. The Morgan fingerprint density at radius 2 is 1.80 bits per heavy atom. The van der Waals surface area contributed by atoms with Gasteiger partial charge in [-0.15, -0.1) is 0 Å². The van der Waals surface area contributed by atoms with Crippen LogP contribution in [0.4, 0.5) is 5.69 Å². The van der Waals surface area contributed by atoms with Crippen LogP contribution in [0.15, 0.2) is 54.6 Å². The predicted octanol–water partition coefficient (Wildman–Crippen LogP) is 3.00. The van der Waals surface area contributed by atoms with Crippen molar-refractivity contribution in [2.24, 2.45) is 0 Å². The van der Waals surface area contributed by atoms with E-state index in [4.69, 9.17) is 10.5 Å². The molecule has 0 unspecified atom stereocenters. The lowest BCUT2D eigenvalue weighted by Gasteiger charge is -2.09. The van der Waals surface area contributed by atoms with E-state index in [0.29, 0.717) is 11.4 Å². The van der Waals surface area contributed by atoms with Gasteiger partial charge in [-0.05, 0) is 36.4 Å². The van der Waals surface area contributed by atoms with Crippen LogP contribution in [-0.2, 0) is 4.74 Å². The Bertz CT molecular complexity index is 773. The van der Waals surface area contributed by atoms with Gasteiger partial charge < -0.3 is 15.0 Å². The van der Waals surface area contributed by atoms with E-state index >= 15 is 0 Å². The molecule has 0 aliphatic heterocycles. The van der Waals surface area contributed by atoms with Crippen LogP contribution in [0.3, 0.4) is 0 Å². The van der Waals surface area contributed by atoms with E-state index in [2.05, 4.69) is 0 Å². The van der Waals surface area contributed by atoms with Gasteiger partial charge in [0, 0.05) is 16.8 Å². The summed E-state index contributed by atoms with van der Waals surface area (Å²) in [5.41, 5.74) is 8.73. The largest absolute Gasteiger partial charge is 0.464 e. The van der Waals surface area contributed by atoms with Crippen molar-refractivity contribution < 1.29 is 9.53 Å². The number of hydrogen-bond donors (Lipinski definition) is 1. The molecule has 0 spiro atoms. The second kappa shape index (κ2) is 4.74. The molecule has 0 saturated carbocycles. The number of carbonyl (C=O) groups is 1. The van der Waals surface area contributed by atoms with Crippen molar-refractivity contribution in [1.29, 1.82) is 0 Å². The smallest absolute Gasteiger partial charge is 0.355 e. The number of carbonyl (C=O) groups excluding carboxylic acids is 1. The minimum absolute atomic E-state index is 0.363. The monoisotopic (exact) mass is 266 g/mol. The number of ether oxygens (including phenoxy) is 1. The molecule has 2 aromatic carbocycles. The average Bonchev–Trinajstić information content (AvgIpc) is 2.87. The quantitative estimate of drug-likeness (QED) is 0.573. The Kier molecular flexibility index (Phi) is 2.91. The van der Waals surface area contributed by atoms with Gasteiger partial charge in [0.2, 0.25) is 0 Å². The second-order valence-electron chi connectivity index (χ2n) is 4.51. The summed E-state index contributed by atoms with van der Waals surface area (Å²) >= 11 is 0. The maximum atomic E-state index is 12.0. The average molecular weight is 266 g/mol. The summed E-state index contributed by atoms with van der Waals surface area (Å²) in [4.78, 5) is 12.0. The molecule has 3 rings (SSSR count). The van der Waals surface area contributed by atoms with Gasteiger partial charge in [0.25, 0.3) is 0 Å². The number of anilines is 1. The number of para-hydroxylation sites is 1. The van der Waals surface area contributed by atoms with Crippen LogP contribution in [0.2, 0.25) is 0 Å². The van der Waals surface area contributed by atoms with Gasteiger partial charge in [0.1, 0.15) is 5.69 Å².